The second-order valence-corrected chi connectivity index (χ2v) is 12.1. The Morgan fingerprint density at radius 3 is 2.37 bits per heavy atom. The van der Waals surface area contributed by atoms with E-state index in [0.29, 0.717) is 44.0 Å². The Morgan fingerprint density at radius 1 is 0.914 bits per heavy atom. The van der Waals surface area contributed by atoms with Crippen LogP contribution in [0.3, 0.4) is 0 Å². The minimum atomic E-state index is -3.52. The fraction of sp³-hybridized carbons (Fsp3) is 0.370. The number of amides is 1. The third kappa shape index (κ3) is 4.93. The zero-order chi connectivity index (χ0) is 24.4. The second kappa shape index (κ2) is 10.2. The summed E-state index contributed by atoms with van der Waals surface area (Å²) in [5.41, 5.74) is 3.94. The molecule has 0 spiro atoms. The van der Waals surface area contributed by atoms with E-state index in [1.165, 1.54) is 25.9 Å². The number of carbonyl (C=O) groups is 1. The summed E-state index contributed by atoms with van der Waals surface area (Å²) in [6.45, 7) is 5.30. The molecule has 184 valence electrons. The Bertz CT molecular complexity index is 1280. The Hall–Kier alpha value is -2.52. The van der Waals surface area contributed by atoms with Crippen molar-refractivity contribution in [2.45, 2.75) is 30.7 Å². The van der Waals surface area contributed by atoms with Crippen molar-refractivity contribution in [1.82, 2.24) is 14.1 Å². The van der Waals surface area contributed by atoms with Crippen molar-refractivity contribution in [2.75, 3.05) is 39.3 Å². The SMILES string of the molecule is Cc1ccccc1C1c2ccsc2CCN1CCC(=O)N1CCN(S(=O)(=O)c2ccccc2)CC1. The van der Waals surface area contributed by atoms with Crippen molar-refractivity contribution >= 4 is 27.3 Å². The van der Waals surface area contributed by atoms with E-state index in [9.17, 15) is 13.2 Å². The largest absolute Gasteiger partial charge is 0.340 e. The number of aryl methyl sites for hydroxylation is 1. The van der Waals surface area contributed by atoms with E-state index in [0.717, 1.165) is 13.0 Å². The highest BCUT2D eigenvalue weighted by molar-refractivity contribution is 7.89. The third-order valence-corrected chi connectivity index (χ3v) is 10.0. The molecule has 1 unspecified atom stereocenters. The van der Waals surface area contributed by atoms with Gasteiger partial charge in [0.1, 0.15) is 0 Å². The van der Waals surface area contributed by atoms with E-state index in [1.54, 1.807) is 30.3 Å². The number of fused-ring (bicyclic) bond motifs is 1. The Balaban J connectivity index is 1.22. The number of nitrogens with zero attached hydrogens (tertiary/aromatic N) is 3. The second-order valence-electron chi connectivity index (χ2n) is 9.19. The molecule has 0 radical (unpaired) electrons. The smallest absolute Gasteiger partial charge is 0.243 e. The molecule has 2 aliphatic rings. The molecular weight excluding hydrogens is 478 g/mol. The van der Waals surface area contributed by atoms with E-state index >= 15 is 0 Å². The summed E-state index contributed by atoms with van der Waals surface area (Å²) in [4.78, 5) is 19.1. The first kappa shape index (κ1) is 24.2. The molecule has 0 N–H and O–H groups in total. The van der Waals surface area contributed by atoms with Crippen LogP contribution in [0.5, 0.6) is 0 Å². The van der Waals surface area contributed by atoms with Crippen molar-refractivity contribution in [2.24, 2.45) is 0 Å². The number of piperazine rings is 1. The van der Waals surface area contributed by atoms with Crippen molar-refractivity contribution in [3.05, 3.63) is 87.6 Å². The maximum atomic E-state index is 13.1. The summed E-state index contributed by atoms with van der Waals surface area (Å²) >= 11 is 1.82. The lowest BCUT2D eigenvalue weighted by Gasteiger charge is -2.38. The zero-order valence-corrected chi connectivity index (χ0v) is 21.6. The summed E-state index contributed by atoms with van der Waals surface area (Å²) in [6.07, 6.45) is 1.45. The number of rotatable bonds is 6. The van der Waals surface area contributed by atoms with Crippen LogP contribution >= 0.6 is 11.3 Å². The van der Waals surface area contributed by atoms with Gasteiger partial charge in [0.15, 0.2) is 0 Å². The summed E-state index contributed by atoms with van der Waals surface area (Å²) in [5, 5.41) is 2.17. The highest BCUT2D eigenvalue weighted by atomic mass is 32.2. The zero-order valence-electron chi connectivity index (χ0n) is 20.0. The topological polar surface area (TPSA) is 60.9 Å². The number of benzene rings is 2. The quantitative estimate of drug-likeness (QED) is 0.505. The van der Waals surface area contributed by atoms with Gasteiger partial charge in [0.2, 0.25) is 15.9 Å². The highest BCUT2D eigenvalue weighted by Gasteiger charge is 2.33. The molecule has 2 aliphatic heterocycles. The Labute approximate surface area is 211 Å². The molecule has 0 bridgehead atoms. The number of carbonyl (C=O) groups excluding carboxylic acids is 1. The molecule has 0 saturated carbocycles. The predicted molar refractivity (Wildman–Crippen MR) is 139 cm³/mol. The first-order valence-corrected chi connectivity index (χ1v) is 14.5. The van der Waals surface area contributed by atoms with Crippen LogP contribution in [0.15, 0.2) is 70.9 Å². The van der Waals surface area contributed by atoms with E-state index < -0.39 is 10.0 Å². The molecule has 35 heavy (non-hydrogen) atoms. The molecule has 6 nitrogen and oxygen atoms in total. The Morgan fingerprint density at radius 2 is 1.63 bits per heavy atom. The van der Waals surface area contributed by atoms with Gasteiger partial charge in [-0.1, -0.05) is 42.5 Å². The molecule has 3 heterocycles. The summed E-state index contributed by atoms with van der Waals surface area (Å²) in [7, 11) is -3.52. The maximum absolute atomic E-state index is 13.1. The van der Waals surface area contributed by atoms with Crippen LogP contribution in [0.4, 0.5) is 0 Å². The highest BCUT2D eigenvalue weighted by Crippen LogP contribution is 2.38. The molecule has 1 amide bonds. The molecule has 1 fully saturated rings. The first-order chi connectivity index (χ1) is 16.9. The minimum Gasteiger partial charge on any atom is -0.340 e. The van der Waals surface area contributed by atoms with Crippen LogP contribution in [-0.2, 0) is 21.2 Å². The van der Waals surface area contributed by atoms with Crippen LogP contribution in [0.1, 0.15) is 34.0 Å². The standard InChI is InChI=1S/C27H31N3O3S2/c1-21-7-5-6-10-23(21)27-24-13-20-34-25(24)11-14-29(27)15-12-26(31)28-16-18-30(19-17-28)35(32,33)22-8-3-2-4-9-22/h2-10,13,20,27H,11-12,14-19H2,1H3. The predicted octanol–water partition coefficient (Wildman–Crippen LogP) is 3.93. The molecule has 1 atom stereocenters. The lowest BCUT2D eigenvalue weighted by molar-refractivity contribution is -0.132. The van der Waals surface area contributed by atoms with Crippen molar-refractivity contribution in [3.8, 4) is 0 Å². The van der Waals surface area contributed by atoms with E-state index in [2.05, 4.69) is 47.5 Å². The normalized spacial score (nSPS) is 19.5. The average molecular weight is 510 g/mol. The first-order valence-electron chi connectivity index (χ1n) is 12.1. The molecule has 5 rings (SSSR count). The van der Waals surface area contributed by atoms with Gasteiger partial charge in [0.05, 0.1) is 10.9 Å². The van der Waals surface area contributed by atoms with Crippen LogP contribution in [0.25, 0.3) is 0 Å². The number of thiophene rings is 1. The van der Waals surface area contributed by atoms with Crippen LogP contribution in [0, 0.1) is 6.92 Å². The molecule has 2 aromatic carbocycles. The van der Waals surface area contributed by atoms with E-state index in [1.807, 2.05) is 16.2 Å². The number of sulfonamides is 1. The van der Waals surface area contributed by atoms with Crippen LogP contribution < -0.4 is 0 Å². The van der Waals surface area contributed by atoms with Gasteiger partial charge in [0, 0.05) is 50.6 Å². The van der Waals surface area contributed by atoms with Gasteiger partial charge in [-0.05, 0) is 53.6 Å². The monoisotopic (exact) mass is 509 g/mol. The Kier molecular flexibility index (Phi) is 7.07. The minimum absolute atomic E-state index is 0.0985. The molecule has 8 heteroatoms. The van der Waals surface area contributed by atoms with Crippen molar-refractivity contribution in [1.29, 1.82) is 0 Å². The number of hydrogen-bond donors (Lipinski definition) is 0. The fourth-order valence-corrected chi connectivity index (χ4v) is 7.53. The lowest BCUT2D eigenvalue weighted by atomic mass is 9.90. The maximum Gasteiger partial charge on any atom is 0.243 e. The molecule has 3 aromatic rings. The molecule has 1 saturated heterocycles. The van der Waals surface area contributed by atoms with Gasteiger partial charge < -0.3 is 4.90 Å². The van der Waals surface area contributed by atoms with Gasteiger partial charge in [-0.3, -0.25) is 9.69 Å². The van der Waals surface area contributed by atoms with Gasteiger partial charge >= 0.3 is 0 Å². The summed E-state index contributed by atoms with van der Waals surface area (Å²) < 4.78 is 27.3. The fourth-order valence-electron chi connectivity index (χ4n) is 5.18. The average Bonchev–Trinajstić information content (AvgIpc) is 3.37. The van der Waals surface area contributed by atoms with E-state index in [-0.39, 0.29) is 11.9 Å². The number of hydrogen-bond acceptors (Lipinski definition) is 5. The van der Waals surface area contributed by atoms with Gasteiger partial charge in [-0.2, -0.15) is 4.31 Å². The summed E-state index contributed by atoms with van der Waals surface area (Å²) in [5.74, 6) is 0.0985. The lowest BCUT2D eigenvalue weighted by Crippen LogP contribution is -2.51. The van der Waals surface area contributed by atoms with Gasteiger partial charge in [-0.15, -0.1) is 11.3 Å². The van der Waals surface area contributed by atoms with Gasteiger partial charge in [0.25, 0.3) is 0 Å². The molecule has 0 aliphatic carbocycles. The van der Waals surface area contributed by atoms with Crippen LogP contribution in [0.2, 0.25) is 0 Å². The van der Waals surface area contributed by atoms with Crippen molar-refractivity contribution in [3.63, 3.8) is 0 Å². The van der Waals surface area contributed by atoms with E-state index in [4.69, 9.17) is 0 Å². The molecular formula is C27H31N3O3S2. The third-order valence-electron chi connectivity index (χ3n) is 7.13. The van der Waals surface area contributed by atoms with Gasteiger partial charge in [-0.25, -0.2) is 8.42 Å². The van der Waals surface area contributed by atoms with Crippen LogP contribution in [-0.4, -0.2) is 67.7 Å². The van der Waals surface area contributed by atoms with Crippen molar-refractivity contribution < 1.29 is 13.2 Å². The molecule has 1 aromatic heterocycles. The summed E-state index contributed by atoms with van der Waals surface area (Å²) in [6, 6.07) is 19.4.